The molecule has 0 N–H and O–H groups in total. The molecule has 0 spiro atoms. The lowest BCUT2D eigenvalue weighted by molar-refractivity contribution is -0.177. The molecule has 76 valence electrons. The fraction of sp³-hybridized carbons (Fsp3) is 0.800. The van der Waals surface area contributed by atoms with Gasteiger partial charge in [0.2, 0.25) is 0 Å². The molecule has 0 aromatic heterocycles. The van der Waals surface area contributed by atoms with E-state index < -0.39 is 23.4 Å². The quantitative estimate of drug-likeness (QED) is 0.390. The van der Waals surface area contributed by atoms with E-state index in [1.807, 2.05) is 0 Å². The van der Waals surface area contributed by atoms with Crippen molar-refractivity contribution >= 4 is 5.97 Å². The van der Waals surface area contributed by atoms with E-state index >= 15 is 0 Å². The molecule has 0 rings (SSSR count). The molecule has 8 heteroatoms. The van der Waals surface area contributed by atoms with Crippen LogP contribution in [-0.4, -0.2) is 30.5 Å². The van der Waals surface area contributed by atoms with Gasteiger partial charge in [-0.3, -0.25) is 0 Å². The molecule has 0 fully saturated rings. The number of rotatable bonds is 4. The molecular weight excluding hydrogens is 191 g/mol. The Kier molecular flexibility index (Phi) is 4.32. The predicted molar refractivity (Wildman–Crippen MR) is 35.3 cm³/mol. The lowest BCUT2D eigenvalue weighted by atomic mass is 10.1. The minimum absolute atomic E-state index is 0.980. The molecule has 0 aromatic carbocycles. The summed E-state index contributed by atoms with van der Waals surface area (Å²) >= 11 is 0. The number of nitrogens with zero attached hydrogens (tertiary/aromatic N) is 3. The Labute approximate surface area is 72.0 Å². The zero-order valence-corrected chi connectivity index (χ0v) is 7.00. The first-order valence-corrected chi connectivity index (χ1v) is 3.17. The largest absolute Gasteiger partial charge is 0.467 e. The van der Waals surface area contributed by atoms with Crippen molar-refractivity contribution in [2.24, 2.45) is 10.5 Å². The summed E-state index contributed by atoms with van der Waals surface area (Å²) < 4.78 is 39.1. The van der Waals surface area contributed by atoms with E-state index in [1.165, 1.54) is 0 Å². The number of methoxy groups -OCH3 is 1. The van der Waals surface area contributed by atoms with Crippen molar-refractivity contribution in [3.63, 3.8) is 0 Å². The van der Waals surface area contributed by atoms with E-state index in [9.17, 15) is 18.2 Å². The van der Waals surface area contributed by atoms with Gasteiger partial charge in [-0.25, -0.2) is 4.79 Å². The summed E-state index contributed by atoms with van der Waals surface area (Å²) in [5, 5.41) is 3.22. The van der Waals surface area contributed by atoms with Gasteiger partial charge in [0.15, 0.2) is 5.54 Å². The summed E-state index contributed by atoms with van der Waals surface area (Å²) in [6.45, 7) is -0.110. The van der Waals surface area contributed by atoms with Gasteiger partial charge in [-0.15, -0.1) is 14.1 Å². The summed E-state index contributed by atoms with van der Waals surface area (Å²) in [6, 6.07) is 0. The van der Waals surface area contributed by atoms with Gasteiger partial charge in [-0.05, 0) is 6.92 Å². The molecule has 1 atom stereocenters. The molecule has 5 nitrogen and oxygen atoms in total. The SMILES string of the molecule is COC(=O)C(C)(CN(F)F)N=NF. The number of hydrogen-bond acceptors (Lipinski definition) is 5. The second kappa shape index (κ2) is 4.75. The second-order valence-corrected chi connectivity index (χ2v) is 2.40. The van der Waals surface area contributed by atoms with Crippen LogP contribution in [0.15, 0.2) is 10.5 Å². The molecular formula is C5H8F3N3O2. The zero-order chi connectivity index (χ0) is 10.5. The lowest BCUT2D eigenvalue weighted by Crippen LogP contribution is -2.41. The van der Waals surface area contributed by atoms with Gasteiger partial charge in [-0.1, -0.05) is 4.48 Å². The van der Waals surface area contributed by atoms with Crippen LogP contribution in [0.1, 0.15) is 6.92 Å². The normalized spacial score (nSPS) is 16.2. The summed E-state index contributed by atoms with van der Waals surface area (Å²) in [5.41, 5.74) is -2.02. The van der Waals surface area contributed by atoms with Crippen LogP contribution in [0.2, 0.25) is 0 Å². The first-order valence-electron chi connectivity index (χ1n) is 3.17. The minimum Gasteiger partial charge on any atom is -0.467 e. The fourth-order valence-electron chi connectivity index (χ4n) is 0.673. The molecule has 0 aliphatic heterocycles. The van der Waals surface area contributed by atoms with Crippen LogP contribution in [0.3, 0.4) is 0 Å². The van der Waals surface area contributed by atoms with E-state index in [0.29, 0.717) is 0 Å². The summed E-state index contributed by atoms with van der Waals surface area (Å²) in [6.07, 6.45) is 0. The van der Waals surface area contributed by atoms with Crippen LogP contribution in [0, 0.1) is 0 Å². The highest BCUT2D eigenvalue weighted by Crippen LogP contribution is 2.16. The van der Waals surface area contributed by atoms with Crippen molar-refractivity contribution in [2.75, 3.05) is 13.7 Å². The maximum Gasteiger partial charge on any atom is 0.337 e. The zero-order valence-electron chi connectivity index (χ0n) is 7.00. The Morgan fingerprint density at radius 2 is 2.15 bits per heavy atom. The molecule has 0 aromatic rings. The lowest BCUT2D eigenvalue weighted by Gasteiger charge is -2.18. The highest BCUT2D eigenvalue weighted by atomic mass is 19.4. The maximum absolute atomic E-state index is 11.8. The number of hydrogen-bond donors (Lipinski definition) is 0. The Morgan fingerprint density at radius 3 is 2.46 bits per heavy atom. The number of halogens is 3. The monoisotopic (exact) mass is 199 g/mol. The number of carbonyl (C=O) groups is 1. The molecule has 0 radical (unpaired) electrons. The molecule has 0 saturated carbocycles. The first-order chi connectivity index (χ1) is 5.96. The van der Waals surface area contributed by atoms with E-state index in [2.05, 4.69) is 9.85 Å². The third-order valence-corrected chi connectivity index (χ3v) is 1.31. The molecule has 0 saturated heterocycles. The molecule has 13 heavy (non-hydrogen) atoms. The van der Waals surface area contributed by atoms with Gasteiger partial charge in [0.05, 0.1) is 13.7 Å². The summed E-state index contributed by atoms with van der Waals surface area (Å²) in [4.78, 5) is 10.9. The van der Waals surface area contributed by atoms with Crippen LogP contribution >= 0.6 is 0 Å². The molecule has 0 bridgehead atoms. The Balaban J connectivity index is 4.61. The minimum atomic E-state index is -2.02. The van der Waals surface area contributed by atoms with Crippen LogP contribution in [0.4, 0.5) is 13.4 Å². The van der Waals surface area contributed by atoms with Crippen LogP contribution in [0.25, 0.3) is 0 Å². The van der Waals surface area contributed by atoms with E-state index in [-0.39, 0.29) is 0 Å². The van der Waals surface area contributed by atoms with Gasteiger partial charge < -0.3 is 4.74 Å². The fourth-order valence-corrected chi connectivity index (χ4v) is 0.673. The average Bonchev–Trinajstić information content (AvgIpc) is 2.02. The van der Waals surface area contributed by atoms with E-state index in [1.54, 1.807) is 5.34 Å². The van der Waals surface area contributed by atoms with Gasteiger partial charge in [0.1, 0.15) is 0 Å². The average molecular weight is 199 g/mol. The Hall–Kier alpha value is -1.18. The van der Waals surface area contributed by atoms with Gasteiger partial charge in [0, 0.05) is 10.7 Å². The van der Waals surface area contributed by atoms with Gasteiger partial charge >= 0.3 is 5.97 Å². The Morgan fingerprint density at radius 1 is 1.62 bits per heavy atom. The van der Waals surface area contributed by atoms with Crippen LogP contribution in [0.5, 0.6) is 0 Å². The van der Waals surface area contributed by atoms with Crippen LogP contribution in [-0.2, 0) is 9.53 Å². The molecule has 0 aliphatic carbocycles. The summed E-state index contributed by atoms with van der Waals surface area (Å²) in [5.74, 6) is -1.09. The maximum atomic E-state index is 11.8. The van der Waals surface area contributed by atoms with Crippen molar-refractivity contribution in [1.82, 2.24) is 5.34 Å². The standard InChI is InChI=1S/C5H8F3N3O2/c1-5(9-10-6,3-11(7)8)4(12)13-2/h3H2,1-2H3. The third-order valence-electron chi connectivity index (χ3n) is 1.31. The molecule has 1 unspecified atom stereocenters. The van der Waals surface area contributed by atoms with Crippen molar-refractivity contribution in [1.29, 1.82) is 0 Å². The third kappa shape index (κ3) is 3.36. The first kappa shape index (κ1) is 11.8. The van der Waals surface area contributed by atoms with Crippen molar-refractivity contribution in [3.05, 3.63) is 0 Å². The van der Waals surface area contributed by atoms with E-state index in [4.69, 9.17) is 0 Å². The molecule has 0 amide bonds. The van der Waals surface area contributed by atoms with Crippen LogP contribution < -0.4 is 0 Å². The van der Waals surface area contributed by atoms with Crippen molar-refractivity contribution < 1.29 is 23.0 Å². The topological polar surface area (TPSA) is 54.3 Å². The number of esters is 1. The molecule has 0 aliphatic rings. The van der Waals surface area contributed by atoms with Crippen molar-refractivity contribution in [2.45, 2.75) is 12.5 Å². The highest BCUT2D eigenvalue weighted by molar-refractivity contribution is 5.80. The number of ether oxygens (including phenoxy) is 1. The molecule has 0 heterocycles. The summed E-state index contributed by atoms with van der Waals surface area (Å²) in [7, 11) is 0.981. The number of carbonyl (C=O) groups excluding carboxylic acids is 1. The predicted octanol–water partition coefficient (Wildman–Crippen LogP) is 1.33. The second-order valence-electron chi connectivity index (χ2n) is 2.40. The highest BCUT2D eigenvalue weighted by Gasteiger charge is 2.38. The van der Waals surface area contributed by atoms with Gasteiger partial charge in [-0.2, -0.15) is 0 Å². The van der Waals surface area contributed by atoms with Gasteiger partial charge in [0.25, 0.3) is 0 Å². The van der Waals surface area contributed by atoms with Crippen molar-refractivity contribution in [3.8, 4) is 0 Å². The van der Waals surface area contributed by atoms with E-state index in [0.717, 1.165) is 14.0 Å². The Bertz CT molecular complexity index is 211. The smallest absolute Gasteiger partial charge is 0.337 e.